The first-order chi connectivity index (χ1) is 9.22. The molecule has 0 radical (unpaired) electrons. The van der Waals surface area contributed by atoms with Gasteiger partial charge in [0.1, 0.15) is 6.23 Å². The van der Waals surface area contributed by atoms with E-state index < -0.39 is 6.23 Å². The van der Waals surface area contributed by atoms with Crippen LogP contribution in [0.2, 0.25) is 0 Å². The van der Waals surface area contributed by atoms with E-state index in [1.54, 1.807) is 12.1 Å². The molecule has 6 heteroatoms. The summed E-state index contributed by atoms with van der Waals surface area (Å²) in [4.78, 5) is 10.5. The molecule has 96 valence electrons. The van der Waals surface area contributed by atoms with E-state index in [0.717, 1.165) is 16.7 Å². The van der Waals surface area contributed by atoms with Gasteiger partial charge < -0.3 is 15.8 Å². The molecule has 0 saturated heterocycles. The Balaban J connectivity index is 1.83. The lowest BCUT2D eigenvalue weighted by Gasteiger charge is -2.04. The van der Waals surface area contributed by atoms with Gasteiger partial charge in [0, 0.05) is 6.20 Å². The zero-order valence-electron chi connectivity index (χ0n) is 10.1. The van der Waals surface area contributed by atoms with E-state index in [0.29, 0.717) is 11.5 Å². The van der Waals surface area contributed by atoms with Crippen molar-refractivity contribution in [2.75, 3.05) is 5.32 Å². The van der Waals surface area contributed by atoms with E-state index >= 15 is 0 Å². The lowest BCUT2D eigenvalue weighted by Crippen LogP contribution is -2.12. The van der Waals surface area contributed by atoms with Crippen molar-refractivity contribution in [3.8, 4) is 0 Å². The van der Waals surface area contributed by atoms with Gasteiger partial charge in [0.25, 0.3) is 0 Å². The van der Waals surface area contributed by atoms with Crippen molar-refractivity contribution in [2.24, 2.45) is 5.73 Å². The third-order valence-corrected chi connectivity index (χ3v) is 2.86. The maximum Gasteiger partial charge on any atom is 0.396 e. The predicted octanol–water partition coefficient (Wildman–Crippen LogP) is 1.07. The van der Waals surface area contributed by atoms with Gasteiger partial charge in [-0.1, -0.05) is 17.1 Å². The van der Waals surface area contributed by atoms with Crippen LogP contribution >= 0.6 is 0 Å². The molecule has 6 nitrogen and oxygen atoms in total. The summed E-state index contributed by atoms with van der Waals surface area (Å²) in [7, 11) is 0. The van der Waals surface area contributed by atoms with E-state index in [4.69, 9.17) is 5.73 Å². The normalized spacial score (nSPS) is 12.5. The van der Waals surface area contributed by atoms with Crippen LogP contribution < -0.4 is 16.0 Å². The summed E-state index contributed by atoms with van der Waals surface area (Å²) in [6.07, 6.45) is 2.76. The number of H-pyrrole nitrogens is 2. The predicted molar refractivity (Wildman–Crippen MR) is 71.5 cm³/mol. The van der Waals surface area contributed by atoms with Gasteiger partial charge in [-0.2, -0.15) is 0 Å². The van der Waals surface area contributed by atoms with Crippen LogP contribution in [0.1, 0.15) is 11.8 Å². The number of nitrogens with zero attached hydrogens (tertiary/aromatic N) is 1. The average molecular weight is 256 g/mol. The highest BCUT2D eigenvalue weighted by atomic mass is 16.3. The number of fused-ring (bicyclic) bond motifs is 1. The highest BCUT2D eigenvalue weighted by Crippen LogP contribution is 2.16. The number of aliphatic hydroxyl groups is 1. The number of aromatic amines is 2. The molecule has 1 atom stereocenters. The van der Waals surface area contributed by atoms with Crippen molar-refractivity contribution in [2.45, 2.75) is 6.23 Å². The number of nitrogens with two attached hydrogens (primary N) is 1. The summed E-state index contributed by atoms with van der Waals surface area (Å²) in [5.74, 6) is 0.635. The topological polar surface area (TPSA) is 101 Å². The highest BCUT2D eigenvalue weighted by Gasteiger charge is 2.09. The minimum atomic E-state index is -0.950. The molecular formula is C13H14N5O+. The fourth-order valence-corrected chi connectivity index (χ4v) is 1.84. The number of anilines is 2. The molecule has 0 fully saturated rings. The van der Waals surface area contributed by atoms with E-state index in [2.05, 4.69) is 20.3 Å². The lowest BCUT2D eigenvalue weighted by molar-refractivity contribution is -0.362. The number of nitrogens with one attached hydrogen (secondary N) is 3. The summed E-state index contributed by atoms with van der Waals surface area (Å²) in [6.45, 7) is 0. The molecule has 0 spiro atoms. The third kappa shape index (κ3) is 2.40. The maximum absolute atomic E-state index is 9.23. The number of benzene rings is 1. The smallest absolute Gasteiger partial charge is 0.375 e. The fraction of sp³-hybridized carbons (Fsp3) is 0.0769. The van der Waals surface area contributed by atoms with Crippen molar-refractivity contribution in [3.05, 3.63) is 48.3 Å². The Kier molecular flexibility index (Phi) is 2.86. The third-order valence-electron chi connectivity index (χ3n) is 2.86. The largest absolute Gasteiger partial charge is 0.396 e. The van der Waals surface area contributed by atoms with Crippen molar-refractivity contribution >= 4 is 22.7 Å². The molecule has 0 aliphatic rings. The number of aliphatic hydroxyl groups excluding tert-OH is 1. The van der Waals surface area contributed by atoms with Gasteiger partial charge in [-0.3, -0.25) is 0 Å². The van der Waals surface area contributed by atoms with Crippen LogP contribution in [0.5, 0.6) is 0 Å². The van der Waals surface area contributed by atoms with Crippen LogP contribution in [0.25, 0.3) is 11.0 Å². The molecule has 0 bridgehead atoms. The second kappa shape index (κ2) is 4.68. The van der Waals surface area contributed by atoms with E-state index in [1.807, 2.05) is 30.6 Å². The molecule has 0 aliphatic heterocycles. The summed E-state index contributed by atoms with van der Waals surface area (Å²) in [5, 5.41) is 13.4. The lowest BCUT2D eigenvalue weighted by atomic mass is 10.2. The van der Waals surface area contributed by atoms with Crippen LogP contribution in [0.15, 0.2) is 42.7 Å². The Bertz CT molecular complexity index is 690. The molecule has 1 aromatic carbocycles. The highest BCUT2D eigenvalue weighted by molar-refractivity contribution is 5.74. The van der Waals surface area contributed by atoms with Gasteiger partial charge in [0.2, 0.25) is 5.65 Å². The zero-order valence-corrected chi connectivity index (χ0v) is 10.1. The van der Waals surface area contributed by atoms with Gasteiger partial charge in [0.15, 0.2) is 0 Å². The molecule has 6 N–H and O–H groups in total. The van der Waals surface area contributed by atoms with Gasteiger partial charge >= 0.3 is 5.95 Å². The van der Waals surface area contributed by atoms with Crippen molar-refractivity contribution in [3.63, 3.8) is 0 Å². The zero-order chi connectivity index (χ0) is 13.2. The maximum atomic E-state index is 9.23. The first-order valence-corrected chi connectivity index (χ1v) is 5.89. The summed E-state index contributed by atoms with van der Waals surface area (Å²) in [6, 6.07) is 9.14. The number of hydrogen-bond donors (Lipinski definition) is 4. The van der Waals surface area contributed by atoms with Crippen molar-refractivity contribution < 1.29 is 10.1 Å². The molecule has 3 rings (SSSR count). The SMILES string of the molecule is NC(O)c1ccc(Nc2nc3[nH]ccc3c[nH+]2)cc1. The second-order valence-corrected chi connectivity index (χ2v) is 4.22. The van der Waals surface area contributed by atoms with E-state index in [-0.39, 0.29) is 0 Å². The monoisotopic (exact) mass is 256 g/mol. The standard InChI is InChI=1S/C13H13N5O/c14-11(19)8-1-3-10(4-2-8)17-13-16-7-9-5-6-15-12(9)18-13/h1-7,11,19H,14H2,(H2,15,16,17,18)/p+1. The number of rotatable bonds is 3. The Labute approximate surface area is 109 Å². The van der Waals surface area contributed by atoms with Gasteiger partial charge in [0.05, 0.1) is 17.3 Å². The quantitative estimate of drug-likeness (QED) is 0.526. The first kappa shape index (κ1) is 11.6. The first-order valence-electron chi connectivity index (χ1n) is 5.89. The van der Waals surface area contributed by atoms with Gasteiger partial charge in [-0.05, 0) is 23.8 Å². The summed E-state index contributed by atoms with van der Waals surface area (Å²) in [5.41, 5.74) is 7.72. The molecule has 19 heavy (non-hydrogen) atoms. The Morgan fingerprint density at radius 3 is 2.79 bits per heavy atom. The molecule has 0 amide bonds. The van der Waals surface area contributed by atoms with Crippen LogP contribution in [0, 0.1) is 0 Å². The minimum Gasteiger partial charge on any atom is -0.375 e. The Morgan fingerprint density at radius 1 is 1.26 bits per heavy atom. The van der Waals surface area contributed by atoms with Crippen molar-refractivity contribution in [1.82, 2.24) is 9.97 Å². The van der Waals surface area contributed by atoms with Crippen molar-refractivity contribution in [1.29, 1.82) is 0 Å². The number of aromatic nitrogens is 3. The summed E-state index contributed by atoms with van der Waals surface area (Å²) < 4.78 is 0. The fourth-order valence-electron chi connectivity index (χ4n) is 1.84. The molecule has 0 aliphatic carbocycles. The van der Waals surface area contributed by atoms with Gasteiger partial charge in [-0.15, -0.1) is 0 Å². The second-order valence-electron chi connectivity index (χ2n) is 4.22. The molecule has 2 aromatic heterocycles. The molecule has 1 unspecified atom stereocenters. The minimum absolute atomic E-state index is 0.635. The van der Waals surface area contributed by atoms with Gasteiger partial charge in [-0.25, -0.2) is 10.3 Å². The number of hydrogen-bond acceptors (Lipinski definition) is 4. The molecule has 3 aromatic rings. The molecule has 2 heterocycles. The van der Waals surface area contributed by atoms with E-state index in [1.165, 1.54) is 0 Å². The Morgan fingerprint density at radius 2 is 2.05 bits per heavy atom. The van der Waals surface area contributed by atoms with E-state index in [9.17, 15) is 5.11 Å². The van der Waals surface area contributed by atoms with Crippen LogP contribution in [0.3, 0.4) is 0 Å². The summed E-state index contributed by atoms with van der Waals surface area (Å²) >= 11 is 0. The molecular weight excluding hydrogens is 242 g/mol. The molecule has 0 saturated carbocycles. The Hall–Kier alpha value is -2.44. The van der Waals surface area contributed by atoms with Crippen LogP contribution in [-0.4, -0.2) is 15.1 Å². The van der Waals surface area contributed by atoms with Crippen LogP contribution in [0.4, 0.5) is 11.6 Å². The van der Waals surface area contributed by atoms with Crippen LogP contribution in [-0.2, 0) is 0 Å². The average Bonchev–Trinajstić information content (AvgIpc) is 2.87.